The Balaban J connectivity index is 1.94. The van der Waals surface area contributed by atoms with E-state index in [1.807, 2.05) is 86.7 Å². The van der Waals surface area contributed by atoms with Gasteiger partial charge in [-0.3, -0.25) is 0 Å². The van der Waals surface area contributed by atoms with Gasteiger partial charge < -0.3 is 0 Å². The lowest BCUT2D eigenvalue weighted by atomic mass is 9.98. The molecular weight excluding hydrogens is 283 g/mol. The highest BCUT2D eigenvalue weighted by Crippen LogP contribution is 2.28. The van der Waals surface area contributed by atoms with Crippen molar-refractivity contribution in [3.63, 3.8) is 0 Å². The van der Waals surface area contributed by atoms with E-state index in [1.54, 1.807) is 6.07 Å². The fourth-order valence-corrected chi connectivity index (χ4v) is 2.64. The minimum atomic E-state index is -0.193. The molecule has 0 bridgehead atoms. The van der Waals surface area contributed by atoms with Gasteiger partial charge in [0.05, 0.1) is 0 Å². The van der Waals surface area contributed by atoms with E-state index >= 15 is 0 Å². The van der Waals surface area contributed by atoms with Crippen LogP contribution < -0.4 is 0 Å². The summed E-state index contributed by atoms with van der Waals surface area (Å²) in [5, 5.41) is 0. The molecular formula is C22H19F. The second-order valence-corrected chi connectivity index (χ2v) is 5.68. The van der Waals surface area contributed by atoms with E-state index in [1.165, 1.54) is 5.56 Å². The maximum Gasteiger partial charge on any atom is 0.131 e. The Labute approximate surface area is 136 Å². The molecule has 23 heavy (non-hydrogen) atoms. The maximum absolute atomic E-state index is 14.5. The summed E-state index contributed by atoms with van der Waals surface area (Å²) in [6.07, 6.45) is 4.02. The van der Waals surface area contributed by atoms with E-state index in [4.69, 9.17) is 0 Å². The summed E-state index contributed by atoms with van der Waals surface area (Å²) in [7, 11) is 0. The van der Waals surface area contributed by atoms with Gasteiger partial charge in [-0.25, -0.2) is 4.39 Å². The number of hydrogen-bond donors (Lipinski definition) is 0. The fourth-order valence-electron chi connectivity index (χ4n) is 2.64. The van der Waals surface area contributed by atoms with Crippen molar-refractivity contribution < 1.29 is 4.39 Å². The molecule has 0 spiro atoms. The van der Waals surface area contributed by atoms with Crippen molar-refractivity contribution in [1.29, 1.82) is 0 Å². The van der Waals surface area contributed by atoms with Crippen LogP contribution in [0.4, 0.5) is 4.39 Å². The molecule has 0 N–H and O–H groups in total. The van der Waals surface area contributed by atoms with Crippen molar-refractivity contribution in [2.45, 2.75) is 13.8 Å². The first-order valence-electron chi connectivity index (χ1n) is 7.77. The first kappa shape index (κ1) is 15.2. The third-order valence-corrected chi connectivity index (χ3v) is 3.93. The van der Waals surface area contributed by atoms with Crippen molar-refractivity contribution >= 4 is 6.08 Å². The van der Waals surface area contributed by atoms with Crippen molar-refractivity contribution in [3.05, 3.63) is 89.8 Å². The third-order valence-electron chi connectivity index (χ3n) is 3.93. The zero-order valence-corrected chi connectivity index (χ0v) is 13.4. The van der Waals surface area contributed by atoms with Crippen molar-refractivity contribution in [3.8, 4) is 22.3 Å². The topological polar surface area (TPSA) is 0 Å². The SMILES string of the molecule is C/C=C\c1ccc(-c2ccc(-c3ccc(C)cc3)cc2F)cc1. The lowest BCUT2D eigenvalue weighted by Crippen LogP contribution is -1.87. The number of rotatable bonds is 3. The molecule has 0 nitrogen and oxygen atoms in total. The normalized spacial score (nSPS) is 11.1. The van der Waals surface area contributed by atoms with Crippen LogP contribution in [0.3, 0.4) is 0 Å². The molecule has 0 atom stereocenters. The van der Waals surface area contributed by atoms with Gasteiger partial charge in [-0.1, -0.05) is 78.4 Å². The third kappa shape index (κ3) is 3.40. The predicted octanol–water partition coefficient (Wildman–Crippen LogP) is 6.50. The zero-order valence-electron chi connectivity index (χ0n) is 13.4. The average molecular weight is 302 g/mol. The molecule has 0 aliphatic carbocycles. The summed E-state index contributed by atoms with van der Waals surface area (Å²) < 4.78 is 14.5. The molecule has 0 radical (unpaired) electrons. The average Bonchev–Trinajstić information content (AvgIpc) is 2.57. The van der Waals surface area contributed by atoms with E-state index in [-0.39, 0.29) is 5.82 Å². The van der Waals surface area contributed by atoms with E-state index in [0.717, 1.165) is 22.3 Å². The fraction of sp³-hybridized carbons (Fsp3) is 0.0909. The monoisotopic (exact) mass is 302 g/mol. The van der Waals surface area contributed by atoms with Crippen LogP contribution in [0.15, 0.2) is 72.8 Å². The number of hydrogen-bond acceptors (Lipinski definition) is 0. The highest BCUT2D eigenvalue weighted by Gasteiger charge is 2.07. The van der Waals surface area contributed by atoms with Crippen LogP contribution in [0.25, 0.3) is 28.3 Å². The van der Waals surface area contributed by atoms with Crippen molar-refractivity contribution in [2.24, 2.45) is 0 Å². The van der Waals surface area contributed by atoms with Gasteiger partial charge in [0.2, 0.25) is 0 Å². The molecule has 0 saturated carbocycles. The number of allylic oxidation sites excluding steroid dienone is 1. The molecule has 114 valence electrons. The Morgan fingerprint density at radius 1 is 0.739 bits per heavy atom. The summed E-state index contributed by atoms with van der Waals surface area (Å²) in [4.78, 5) is 0. The van der Waals surface area contributed by atoms with Gasteiger partial charge in [-0.15, -0.1) is 0 Å². The Hall–Kier alpha value is -2.67. The quantitative estimate of drug-likeness (QED) is 0.518. The Kier molecular flexibility index (Phi) is 4.38. The van der Waals surface area contributed by atoms with E-state index < -0.39 is 0 Å². The zero-order chi connectivity index (χ0) is 16.2. The molecule has 0 saturated heterocycles. The van der Waals surface area contributed by atoms with Gasteiger partial charge in [-0.2, -0.15) is 0 Å². The molecule has 3 rings (SSSR count). The van der Waals surface area contributed by atoms with Crippen molar-refractivity contribution in [2.75, 3.05) is 0 Å². The molecule has 0 unspecified atom stereocenters. The summed E-state index contributed by atoms with van der Waals surface area (Å²) in [5.41, 5.74) is 5.78. The minimum absolute atomic E-state index is 0.193. The van der Waals surface area contributed by atoms with Gasteiger partial charge in [0.1, 0.15) is 5.82 Å². The van der Waals surface area contributed by atoms with E-state index in [0.29, 0.717) is 5.56 Å². The van der Waals surface area contributed by atoms with E-state index in [2.05, 4.69) is 0 Å². The molecule has 0 aliphatic rings. The molecule has 0 amide bonds. The van der Waals surface area contributed by atoms with Crippen LogP contribution in [0.1, 0.15) is 18.1 Å². The van der Waals surface area contributed by atoms with Crippen LogP contribution >= 0.6 is 0 Å². The molecule has 0 fully saturated rings. The second-order valence-electron chi connectivity index (χ2n) is 5.68. The lowest BCUT2D eigenvalue weighted by Gasteiger charge is -2.08. The van der Waals surface area contributed by atoms with Gasteiger partial charge in [0, 0.05) is 5.56 Å². The number of aryl methyl sites for hydroxylation is 1. The highest BCUT2D eigenvalue weighted by molar-refractivity contribution is 5.72. The van der Waals surface area contributed by atoms with Gasteiger partial charge >= 0.3 is 0 Å². The van der Waals surface area contributed by atoms with E-state index in [9.17, 15) is 4.39 Å². The molecule has 0 aromatic heterocycles. The predicted molar refractivity (Wildman–Crippen MR) is 96.7 cm³/mol. The van der Waals surface area contributed by atoms with Crippen LogP contribution in [-0.2, 0) is 0 Å². The van der Waals surface area contributed by atoms with Crippen LogP contribution in [-0.4, -0.2) is 0 Å². The summed E-state index contributed by atoms with van der Waals surface area (Å²) >= 11 is 0. The molecule has 3 aromatic rings. The standard InChI is InChI=1S/C22H19F/c1-3-4-17-7-11-19(12-8-17)21-14-13-20(15-22(21)23)18-9-5-16(2)6-10-18/h3-15H,1-2H3/b4-3-. The summed E-state index contributed by atoms with van der Waals surface area (Å²) in [6.45, 7) is 4.03. The van der Waals surface area contributed by atoms with Gasteiger partial charge in [-0.05, 0) is 42.2 Å². The molecule has 0 heterocycles. The van der Waals surface area contributed by atoms with Crippen molar-refractivity contribution in [1.82, 2.24) is 0 Å². The maximum atomic E-state index is 14.5. The molecule has 3 aromatic carbocycles. The summed E-state index contributed by atoms with van der Waals surface area (Å²) in [5.74, 6) is -0.193. The Morgan fingerprint density at radius 3 is 1.96 bits per heavy atom. The van der Waals surface area contributed by atoms with Crippen LogP contribution in [0.5, 0.6) is 0 Å². The Morgan fingerprint density at radius 2 is 1.35 bits per heavy atom. The highest BCUT2D eigenvalue weighted by atomic mass is 19.1. The van der Waals surface area contributed by atoms with Crippen LogP contribution in [0.2, 0.25) is 0 Å². The number of benzene rings is 3. The summed E-state index contributed by atoms with van der Waals surface area (Å²) in [6, 6.07) is 21.5. The lowest BCUT2D eigenvalue weighted by molar-refractivity contribution is 0.632. The van der Waals surface area contributed by atoms with Crippen LogP contribution in [0, 0.1) is 12.7 Å². The first-order valence-corrected chi connectivity index (χ1v) is 7.77. The first-order chi connectivity index (χ1) is 11.2. The molecule has 0 aliphatic heterocycles. The second kappa shape index (κ2) is 6.62. The minimum Gasteiger partial charge on any atom is -0.206 e. The molecule has 1 heteroatoms. The van der Waals surface area contributed by atoms with Gasteiger partial charge in [0.15, 0.2) is 0 Å². The Bertz CT molecular complexity index is 825. The largest absolute Gasteiger partial charge is 0.206 e. The number of halogens is 1. The van der Waals surface area contributed by atoms with Gasteiger partial charge in [0.25, 0.3) is 0 Å². The smallest absolute Gasteiger partial charge is 0.131 e.